The monoisotopic (exact) mass is 283 g/mol. The van der Waals surface area contributed by atoms with E-state index in [2.05, 4.69) is 5.32 Å². The zero-order valence-corrected chi connectivity index (χ0v) is 12.7. The van der Waals surface area contributed by atoms with Crippen molar-refractivity contribution >= 4 is 5.91 Å². The van der Waals surface area contributed by atoms with Crippen LogP contribution in [0.3, 0.4) is 0 Å². The van der Waals surface area contributed by atoms with Gasteiger partial charge in [-0.15, -0.1) is 0 Å². The van der Waals surface area contributed by atoms with Crippen LogP contribution in [0.4, 0.5) is 0 Å². The maximum atomic E-state index is 12.5. The molecule has 0 aliphatic carbocycles. The Morgan fingerprint density at radius 3 is 2.33 bits per heavy atom. The number of methoxy groups -OCH3 is 1. The lowest BCUT2D eigenvalue weighted by atomic mass is 9.84. The van der Waals surface area contributed by atoms with Crippen molar-refractivity contribution in [2.45, 2.75) is 25.8 Å². The zero-order valence-electron chi connectivity index (χ0n) is 12.7. The normalized spacial score (nSPS) is 11.0. The molecule has 21 heavy (non-hydrogen) atoms. The number of carbonyl (C=O) groups is 1. The van der Waals surface area contributed by atoms with Gasteiger partial charge < -0.3 is 10.1 Å². The molecule has 0 saturated carbocycles. The lowest BCUT2D eigenvalue weighted by molar-refractivity contribution is -0.125. The lowest BCUT2D eigenvalue weighted by Gasteiger charge is -2.24. The summed E-state index contributed by atoms with van der Waals surface area (Å²) in [6, 6.07) is 17.5. The molecule has 3 heteroatoms. The van der Waals surface area contributed by atoms with Crippen LogP contribution in [-0.4, -0.2) is 13.0 Å². The SMILES string of the molecule is COc1ccccc1CNC(=O)C(C)(C)c1ccccc1. The maximum Gasteiger partial charge on any atom is 0.230 e. The first-order valence-electron chi connectivity index (χ1n) is 7.01. The molecule has 0 aliphatic heterocycles. The first-order chi connectivity index (χ1) is 10.1. The molecule has 0 aromatic heterocycles. The first kappa shape index (κ1) is 15.1. The summed E-state index contributed by atoms with van der Waals surface area (Å²) in [7, 11) is 1.63. The topological polar surface area (TPSA) is 38.3 Å². The summed E-state index contributed by atoms with van der Waals surface area (Å²) in [5.74, 6) is 0.787. The first-order valence-corrected chi connectivity index (χ1v) is 7.01. The van der Waals surface area contributed by atoms with Gasteiger partial charge in [-0.25, -0.2) is 0 Å². The van der Waals surface area contributed by atoms with Crippen molar-refractivity contribution in [1.82, 2.24) is 5.32 Å². The second-order valence-corrected chi connectivity index (χ2v) is 5.49. The van der Waals surface area contributed by atoms with Gasteiger partial charge in [-0.2, -0.15) is 0 Å². The Bertz CT molecular complexity index is 606. The number of benzene rings is 2. The van der Waals surface area contributed by atoms with Crippen LogP contribution in [0, 0.1) is 0 Å². The molecular formula is C18H21NO2. The van der Waals surface area contributed by atoms with Crippen LogP contribution in [0.25, 0.3) is 0 Å². The molecule has 0 saturated heterocycles. The minimum absolute atomic E-state index is 0.000365. The third-order valence-corrected chi connectivity index (χ3v) is 3.70. The largest absolute Gasteiger partial charge is 0.496 e. The maximum absolute atomic E-state index is 12.5. The number of hydrogen-bond acceptors (Lipinski definition) is 2. The fourth-order valence-corrected chi connectivity index (χ4v) is 2.23. The highest BCUT2D eigenvalue weighted by Gasteiger charge is 2.29. The second-order valence-electron chi connectivity index (χ2n) is 5.49. The minimum atomic E-state index is -0.566. The second kappa shape index (κ2) is 6.44. The molecule has 2 aromatic carbocycles. The highest BCUT2D eigenvalue weighted by atomic mass is 16.5. The van der Waals surface area contributed by atoms with E-state index in [9.17, 15) is 4.79 Å². The number of rotatable bonds is 5. The van der Waals surface area contributed by atoms with Crippen molar-refractivity contribution < 1.29 is 9.53 Å². The lowest BCUT2D eigenvalue weighted by Crippen LogP contribution is -2.39. The van der Waals surface area contributed by atoms with Crippen molar-refractivity contribution in [3.63, 3.8) is 0 Å². The Hall–Kier alpha value is -2.29. The summed E-state index contributed by atoms with van der Waals surface area (Å²) in [4.78, 5) is 12.5. The minimum Gasteiger partial charge on any atom is -0.496 e. The standard InChI is InChI=1S/C18H21NO2/c1-18(2,15-10-5-4-6-11-15)17(20)19-13-14-9-7-8-12-16(14)21-3/h4-12H,13H2,1-3H3,(H,19,20). The highest BCUT2D eigenvalue weighted by Crippen LogP contribution is 2.23. The third-order valence-electron chi connectivity index (χ3n) is 3.70. The third kappa shape index (κ3) is 3.43. The van der Waals surface area contributed by atoms with Gasteiger partial charge in [0.2, 0.25) is 5.91 Å². The van der Waals surface area contributed by atoms with Crippen LogP contribution in [0.2, 0.25) is 0 Å². The number of hydrogen-bond donors (Lipinski definition) is 1. The summed E-state index contributed by atoms with van der Waals surface area (Å²) in [6.07, 6.45) is 0. The van der Waals surface area contributed by atoms with E-state index in [4.69, 9.17) is 4.74 Å². The van der Waals surface area contributed by atoms with Crippen LogP contribution in [0.5, 0.6) is 5.75 Å². The fourth-order valence-electron chi connectivity index (χ4n) is 2.23. The van der Waals surface area contributed by atoms with Gasteiger partial charge >= 0.3 is 0 Å². The Morgan fingerprint density at radius 1 is 1.05 bits per heavy atom. The number of amides is 1. The van der Waals surface area contributed by atoms with Gasteiger partial charge in [0.25, 0.3) is 0 Å². The predicted octanol–water partition coefficient (Wildman–Crippen LogP) is 3.29. The van der Waals surface area contributed by atoms with Crippen LogP contribution in [0.15, 0.2) is 54.6 Å². The van der Waals surface area contributed by atoms with Crippen LogP contribution < -0.4 is 10.1 Å². The summed E-state index contributed by atoms with van der Waals surface area (Å²) < 4.78 is 5.30. The molecule has 0 bridgehead atoms. The van der Waals surface area contributed by atoms with Crippen molar-refractivity contribution in [2.75, 3.05) is 7.11 Å². The van der Waals surface area contributed by atoms with Crippen molar-refractivity contribution in [2.24, 2.45) is 0 Å². The number of ether oxygens (including phenoxy) is 1. The van der Waals surface area contributed by atoms with E-state index >= 15 is 0 Å². The average molecular weight is 283 g/mol. The zero-order chi connectivity index (χ0) is 15.3. The van der Waals surface area contributed by atoms with E-state index in [0.29, 0.717) is 6.54 Å². The quantitative estimate of drug-likeness (QED) is 0.914. The van der Waals surface area contributed by atoms with Gasteiger partial charge in [0.05, 0.1) is 12.5 Å². The number of nitrogens with one attached hydrogen (secondary N) is 1. The van der Waals surface area contributed by atoms with E-state index in [1.807, 2.05) is 68.4 Å². The van der Waals surface area contributed by atoms with Gasteiger partial charge in [-0.3, -0.25) is 4.79 Å². The Labute approximate surface area is 126 Å². The molecule has 1 N–H and O–H groups in total. The molecule has 0 radical (unpaired) electrons. The van der Waals surface area contributed by atoms with E-state index in [1.54, 1.807) is 7.11 Å². The molecule has 0 fully saturated rings. The smallest absolute Gasteiger partial charge is 0.230 e. The average Bonchev–Trinajstić information content (AvgIpc) is 2.53. The van der Waals surface area contributed by atoms with Crippen LogP contribution >= 0.6 is 0 Å². The molecule has 3 nitrogen and oxygen atoms in total. The summed E-state index contributed by atoms with van der Waals surface area (Å²) in [5, 5.41) is 2.99. The molecule has 2 aromatic rings. The molecule has 0 heterocycles. The molecule has 0 aliphatic rings. The predicted molar refractivity (Wildman–Crippen MR) is 84.3 cm³/mol. The van der Waals surface area contributed by atoms with Gasteiger partial charge in [-0.05, 0) is 25.5 Å². The van der Waals surface area contributed by atoms with Crippen molar-refractivity contribution in [1.29, 1.82) is 0 Å². The van der Waals surface area contributed by atoms with Crippen molar-refractivity contribution in [3.8, 4) is 5.75 Å². The molecule has 0 spiro atoms. The Morgan fingerprint density at radius 2 is 1.67 bits per heavy atom. The van der Waals surface area contributed by atoms with E-state index in [-0.39, 0.29) is 5.91 Å². The molecule has 110 valence electrons. The van der Waals surface area contributed by atoms with Gasteiger partial charge in [0.15, 0.2) is 0 Å². The van der Waals surface area contributed by atoms with E-state index in [0.717, 1.165) is 16.9 Å². The highest BCUT2D eigenvalue weighted by molar-refractivity contribution is 5.87. The summed E-state index contributed by atoms with van der Waals surface area (Å²) in [6.45, 7) is 4.32. The molecule has 1 amide bonds. The van der Waals surface area contributed by atoms with Crippen molar-refractivity contribution in [3.05, 3.63) is 65.7 Å². The molecule has 0 atom stereocenters. The Balaban J connectivity index is 2.08. The molecule has 0 unspecified atom stereocenters. The van der Waals surface area contributed by atoms with Gasteiger partial charge in [0.1, 0.15) is 5.75 Å². The summed E-state index contributed by atoms with van der Waals surface area (Å²) in [5.41, 5.74) is 1.41. The summed E-state index contributed by atoms with van der Waals surface area (Å²) >= 11 is 0. The van der Waals surface area contributed by atoms with E-state index in [1.165, 1.54) is 0 Å². The molecule has 2 rings (SSSR count). The number of para-hydroxylation sites is 1. The Kier molecular flexibility index (Phi) is 4.63. The van der Waals surface area contributed by atoms with E-state index < -0.39 is 5.41 Å². The number of carbonyl (C=O) groups excluding carboxylic acids is 1. The molecular weight excluding hydrogens is 262 g/mol. The van der Waals surface area contributed by atoms with Gasteiger partial charge in [-0.1, -0.05) is 48.5 Å². The van der Waals surface area contributed by atoms with Gasteiger partial charge in [0, 0.05) is 12.1 Å². The van der Waals surface area contributed by atoms with Crippen LogP contribution in [0.1, 0.15) is 25.0 Å². The van der Waals surface area contributed by atoms with Crippen LogP contribution in [-0.2, 0) is 16.8 Å². The fraction of sp³-hybridized carbons (Fsp3) is 0.278.